The zero-order valence-electron chi connectivity index (χ0n) is 17.2. The maximum Gasteiger partial charge on any atom is 0.422 e. The number of rotatable bonds is 3. The maximum atomic E-state index is 12.8. The highest BCUT2D eigenvalue weighted by molar-refractivity contribution is 5.85. The molecule has 0 unspecified atom stereocenters. The van der Waals surface area contributed by atoms with Crippen molar-refractivity contribution < 1.29 is 14.1 Å². The summed E-state index contributed by atoms with van der Waals surface area (Å²) >= 11 is 0. The number of nitrogens with zero attached hydrogens (tertiary/aromatic N) is 2. The molecule has 0 fully saturated rings. The lowest BCUT2D eigenvalue weighted by Gasteiger charge is -2.12. The molecule has 1 heterocycles. The molecule has 3 aromatic rings. The Hall–Kier alpha value is -2.88. The van der Waals surface area contributed by atoms with Gasteiger partial charge in [0.15, 0.2) is 0 Å². The summed E-state index contributed by atoms with van der Waals surface area (Å²) in [6.07, 6.45) is 3.88. The minimum absolute atomic E-state index is 0.362. The van der Waals surface area contributed by atoms with E-state index in [4.69, 9.17) is 4.74 Å². The van der Waals surface area contributed by atoms with Crippen molar-refractivity contribution in [3.05, 3.63) is 75.9 Å². The predicted octanol–water partition coefficient (Wildman–Crippen LogP) is 4.39. The molecule has 0 amide bonds. The van der Waals surface area contributed by atoms with Crippen molar-refractivity contribution in [3.8, 4) is 11.4 Å². The first-order chi connectivity index (χ1) is 12.7. The molecule has 3 rings (SSSR count). The second kappa shape index (κ2) is 7.03. The zero-order valence-corrected chi connectivity index (χ0v) is 17.2. The molecule has 1 aromatic heterocycles. The van der Waals surface area contributed by atoms with Crippen LogP contribution in [-0.2, 0) is 4.74 Å². The number of carbonyl (C=O) groups is 1. The van der Waals surface area contributed by atoms with Gasteiger partial charge < -0.3 is 4.74 Å². The minimum atomic E-state index is -0.362. The largest absolute Gasteiger partial charge is 0.460 e. The van der Waals surface area contributed by atoms with E-state index in [2.05, 4.69) is 65.8 Å². The Morgan fingerprint density at radius 1 is 0.852 bits per heavy atom. The molecule has 0 aliphatic carbocycles. The topological polar surface area (TPSA) is 35.1 Å². The highest BCUT2D eigenvalue weighted by Gasteiger charge is 2.31. The highest BCUT2D eigenvalue weighted by Crippen LogP contribution is 2.24. The van der Waals surface area contributed by atoms with E-state index in [1.807, 2.05) is 21.5 Å². The molecule has 27 heavy (non-hydrogen) atoms. The second-order valence-electron chi connectivity index (χ2n) is 7.35. The molecule has 0 aliphatic rings. The third kappa shape index (κ3) is 3.27. The van der Waals surface area contributed by atoms with Gasteiger partial charge in [-0.25, -0.2) is 4.79 Å². The Labute approximate surface area is 161 Å². The lowest BCUT2D eigenvalue weighted by atomic mass is 10.0. The van der Waals surface area contributed by atoms with Crippen molar-refractivity contribution in [2.75, 3.05) is 7.11 Å². The summed E-state index contributed by atoms with van der Waals surface area (Å²) in [4.78, 5) is 12.8. The van der Waals surface area contributed by atoms with Crippen LogP contribution in [0.25, 0.3) is 11.4 Å². The predicted molar refractivity (Wildman–Crippen MR) is 107 cm³/mol. The number of benzene rings is 2. The van der Waals surface area contributed by atoms with Crippen LogP contribution in [0, 0.1) is 41.5 Å². The number of imidazole rings is 1. The molecule has 0 bridgehead atoms. The number of aryl methyl sites for hydroxylation is 6. The molecular formula is C23H27N2O2+. The SMILES string of the molecule is COC(=O)c1n(-c2c(C)cc(C)cc2C)cc[n+]1-c1c(C)cc(C)cc1C. The molecule has 0 atom stereocenters. The van der Waals surface area contributed by atoms with Crippen LogP contribution in [0.2, 0.25) is 0 Å². The van der Waals surface area contributed by atoms with Gasteiger partial charge in [-0.05, 0) is 63.8 Å². The third-order valence-corrected chi connectivity index (χ3v) is 4.94. The third-order valence-electron chi connectivity index (χ3n) is 4.94. The average molecular weight is 363 g/mol. The summed E-state index contributed by atoms with van der Waals surface area (Å²) in [5.74, 6) is 0.126. The summed E-state index contributed by atoms with van der Waals surface area (Å²) in [6.45, 7) is 12.5. The summed E-state index contributed by atoms with van der Waals surface area (Å²) in [5, 5.41) is 0. The number of esters is 1. The van der Waals surface area contributed by atoms with Gasteiger partial charge >= 0.3 is 11.8 Å². The highest BCUT2D eigenvalue weighted by atomic mass is 16.5. The van der Waals surface area contributed by atoms with Crippen LogP contribution < -0.4 is 4.57 Å². The number of hydrogen-bond donors (Lipinski definition) is 0. The van der Waals surface area contributed by atoms with Gasteiger partial charge in [-0.3, -0.25) is 0 Å². The Morgan fingerprint density at radius 3 is 1.81 bits per heavy atom. The van der Waals surface area contributed by atoms with Crippen LogP contribution in [0.4, 0.5) is 0 Å². The van der Waals surface area contributed by atoms with Gasteiger partial charge in [0, 0.05) is 0 Å². The van der Waals surface area contributed by atoms with E-state index in [1.165, 1.54) is 18.2 Å². The van der Waals surface area contributed by atoms with Crippen LogP contribution >= 0.6 is 0 Å². The molecule has 4 nitrogen and oxygen atoms in total. The van der Waals surface area contributed by atoms with E-state index < -0.39 is 0 Å². The molecule has 0 saturated heterocycles. The quantitative estimate of drug-likeness (QED) is 0.511. The van der Waals surface area contributed by atoms with E-state index in [1.54, 1.807) is 0 Å². The second-order valence-corrected chi connectivity index (χ2v) is 7.35. The van der Waals surface area contributed by atoms with Crippen LogP contribution in [0.1, 0.15) is 44.0 Å². The Balaban J connectivity index is 2.34. The van der Waals surface area contributed by atoms with Gasteiger partial charge in [0.25, 0.3) is 0 Å². The monoisotopic (exact) mass is 363 g/mol. The van der Waals surface area contributed by atoms with Crippen molar-refractivity contribution in [2.45, 2.75) is 41.5 Å². The first kappa shape index (κ1) is 18.9. The molecular weight excluding hydrogens is 336 g/mol. The molecule has 140 valence electrons. The van der Waals surface area contributed by atoms with Crippen LogP contribution in [0.15, 0.2) is 36.7 Å². The number of carbonyl (C=O) groups excluding carboxylic acids is 1. The van der Waals surface area contributed by atoms with E-state index in [9.17, 15) is 4.79 Å². The fourth-order valence-corrected chi connectivity index (χ4v) is 4.14. The summed E-state index contributed by atoms with van der Waals surface area (Å²) < 4.78 is 9.02. The van der Waals surface area contributed by atoms with Gasteiger partial charge in [-0.2, -0.15) is 9.13 Å². The smallest absolute Gasteiger partial charge is 0.422 e. The minimum Gasteiger partial charge on any atom is -0.460 e. The molecule has 4 heteroatoms. The lowest BCUT2D eigenvalue weighted by molar-refractivity contribution is -0.598. The maximum absolute atomic E-state index is 12.8. The normalized spacial score (nSPS) is 10.9. The zero-order chi connectivity index (χ0) is 19.9. The van der Waals surface area contributed by atoms with Crippen molar-refractivity contribution in [1.29, 1.82) is 0 Å². The van der Waals surface area contributed by atoms with Gasteiger partial charge in [0.2, 0.25) is 0 Å². The van der Waals surface area contributed by atoms with E-state index >= 15 is 0 Å². The average Bonchev–Trinajstić information content (AvgIpc) is 2.96. The van der Waals surface area contributed by atoms with Crippen molar-refractivity contribution in [2.24, 2.45) is 0 Å². The molecule has 0 spiro atoms. The lowest BCUT2D eigenvalue weighted by Crippen LogP contribution is -2.39. The van der Waals surface area contributed by atoms with E-state index in [0.29, 0.717) is 5.82 Å². The Kier molecular flexibility index (Phi) is 4.92. The van der Waals surface area contributed by atoms with Crippen molar-refractivity contribution in [3.63, 3.8) is 0 Å². The van der Waals surface area contributed by atoms with Crippen molar-refractivity contribution >= 4 is 5.97 Å². The van der Waals surface area contributed by atoms with E-state index in [0.717, 1.165) is 33.6 Å². The summed E-state index contributed by atoms with van der Waals surface area (Å²) in [6, 6.07) is 8.54. The van der Waals surface area contributed by atoms with Gasteiger partial charge in [-0.1, -0.05) is 35.4 Å². The number of hydrogen-bond acceptors (Lipinski definition) is 2. The standard InChI is InChI=1S/C23H27N2O2/c1-14-10-16(3)20(17(4)11-14)24-8-9-25(22(24)23(26)27-7)21-18(5)12-15(2)13-19(21)6/h8-13H,1-7H3/q+1. The fourth-order valence-electron chi connectivity index (χ4n) is 4.14. The van der Waals surface area contributed by atoms with Gasteiger partial charge in [0.1, 0.15) is 23.8 Å². The van der Waals surface area contributed by atoms with Crippen LogP contribution in [0.5, 0.6) is 0 Å². The van der Waals surface area contributed by atoms with Crippen molar-refractivity contribution in [1.82, 2.24) is 4.57 Å². The Bertz CT molecular complexity index is 924. The molecule has 0 saturated carbocycles. The summed E-state index contributed by atoms with van der Waals surface area (Å²) in [5.41, 5.74) is 8.94. The van der Waals surface area contributed by atoms with Gasteiger partial charge in [-0.15, -0.1) is 0 Å². The van der Waals surface area contributed by atoms with Crippen LogP contribution in [-0.4, -0.2) is 17.6 Å². The first-order valence-electron chi connectivity index (χ1n) is 9.12. The van der Waals surface area contributed by atoms with Gasteiger partial charge in [0.05, 0.1) is 7.11 Å². The Morgan fingerprint density at radius 2 is 1.33 bits per heavy atom. The molecule has 0 radical (unpaired) electrons. The van der Waals surface area contributed by atoms with Crippen LogP contribution in [0.3, 0.4) is 0 Å². The number of methoxy groups -OCH3 is 1. The number of ether oxygens (including phenoxy) is 1. The molecule has 0 aliphatic heterocycles. The summed E-state index contributed by atoms with van der Waals surface area (Å²) in [7, 11) is 1.42. The number of aromatic nitrogens is 2. The fraction of sp³-hybridized carbons (Fsp3) is 0.304. The molecule has 0 N–H and O–H groups in total. The first-order valence-corrected chi connectivity index (χ1v) is 9.12. The van der Waals surface area contributed by atoms with E-state index in [-0.39, 0.29) is 5.97 Å². The molecule has 2 aromatic carbocycles.